The summed E-state index contributed by atoms with van der Waals surface area (Å²) in [5.41, 5.74) is 2.53. The maximum absolute atomic E-state index is 17.7. The van der Waals surface area contributed by atoms with Crippen LogP contribution in [0.5, 0.6) is 0 Å². The van der Waals surface area contributed by atoms with E-state index in [4.69, 9.17) is 4.84 Å². The van der Waals surface area contributed by atoms with Crippen LogP contribution in [0.4, 0.5) is 8.63 Å². The maximum atomic E-state index is 17.7. The van der Waals surface area contributed by atoms with Crippen LogP contribution in [0.25, 0.3) is 6.08 Å². The van der Waals surface area contributed by atoms with Gasteiger partial charge in [-0.15, -0.1) is 5.06 Å². The highest BCUT2D eigenvalue weighted by Crippen LogP contribution is 2.40. The maximum Gasteiger partial charge on any atom is 0.737 e. The van der Waals surface area contributed by atoms with Crippen molar-refractivity contribution in [1.82, 2.24) is 30.4 Å². The fourth-order valence-electron chi connectivity index (χ4n) is 9.90. The lowest BCUT2D eigenvalue weighted by atomic mass is 9.88. The van der Waals surface area contributed by atoms with Gasteiger partial charge in [0, 0.05) is 74.2 Å². The van der Waals surface area contributed by atoms with Crippen molar-refractivity contribution < 1.29 is 81.6 Å². The summed E-state index contributed by atoms with van der Waals surface area (Å²) < 4.78 is 106. The molecule has 1 aromatic carbocycles. The molecule has 3 aliphatic heterocycles. The Morgan fingerprint density at radius 2 is 1.43 bits per heavy atom. The number of benzene rings is 1. The van der Waals surface area contributed by atoms with Gasteiger partial charge in [0.25, 0.3) is 32.1 Å². The summed E-state index contributed by atoms with van der Waals surface area (Å²) >= 11 is 0. The van der Waals surface area contributed by atoms with Gasteiger partial charge in [-0.25, -0.2) is 4.79 Å². The lowest BCUT2D eigenvalue weighted by Gasteiger charge is -2.32. The molecule has 0 aliphatic carbocycles. The third kappa shape index (κ3) is 20.4. The molecule has 1 fully saturated rings. The molecule has 80 heavy (non-hydrogen) atoms. The second-order valence-corrected chi connectivity index (χ2v) is 26.1. The summed E-state index contributed by atoms with van der Waals surface area (Å²) in [6.45, 7) is -2.02. The number of amides is 5. The first-order valence-electron chi connectivity index (χ1n) is 27.4. The fourth-order valence-corrected chi connectivity index (χ4v) is 11.1. The molecular formula is C53H82BF2N9O13S2+2. The minimum Gasteiger partial charge on any atom is -0.394 e. The molecule has 0 radical (unpaired) electrons. The average molecular weight is 1170 g/mol. The third-order valence-corrected chi connectivity index (χ3v) is 15.5. The largest absolute Gasteiger partial charge is 0.737 e. The first-order chi connectivity index (χ1) is 37.3. The van der Waals surface area contributed by atoms with Crippen molar-refractivity contribution in [3.05, 3.63) is 76.3 Å². The molecule has 5 amide bonds. The molecule has 2 atom stereocenters. The van der Waals surface area contributed by atoms with Crippen molar-refractivity contribution in [2.75, 3.05) is 93.6 Å². The Bertz CT molecular complexity index is 2890. The summed E-state index contributed by atoms with van der Waals surface area (Å²) in [6, 6.07) is 7.23. The first kappa shape index (κ1) is 65.1. The van der Waals surface area contributed by atoms with Gasteiger partial charge in [0.15, 0.2) is 11.4 Å². The van der Waals surface area contributed by atoms with Gasteiger partial charge in [0.2, 0.25) is 17.7 Å². The standard InChI is InChI=1S/C53H80BF2N9O13S2/c1-60(30-15-9-12-24-51(69)78-63-49(67)27-28-50(63)68)31-29-57-52(70)43(23-13-16-32-64(2,3)4)59-53(71)44(38-80(75,76)77)58-48(66)26-25-42-35-40(21-14-17-34-79(72,73)74)46-37-47-41(22-18-33-65(5,6)7)36-45(39-19-10-8-11-20-39)62(47)54(55,56)61(42)46/h8,10-11,19-20,35-37,43-44H,9,12-18,21-34,38H2,1-7H3,(H3-2,57,58,59,66,70,71,72,73,74,75,76,77)/p+2. The molecule has 22 nitrogen and oxygen atoms in total. The molecule has 3 aliphatic rings. The molecule has 27 heteroatoms. The number of unbranched alkanes of at least 4 members (excludes halogenated alkanes) is 4. The number of hydrogen-bond acceptors (Lipinski definition) is 12. The molecule has 444 valence electrons. The summed E-state index contributed by atoms with van der Waals surface area (Å²) in [4.78, 5) is 84.0. The summed E-state index contributed by atoms with van der Waals surface area (Å²) in [5, 5.41) is 8.26. The van der Waals surface area contributed by atoms with Crippen molar-refractivity contribution in [3.63, 3.8) is 0 Å². The molecule has 0 bridgehead atoms. The van der Waals surface area contributed by atoms with Crippen molar-refractivity contribution in [2.24, 2.45) is 0 Å². The van der Waals surface area contributed by atoms with Crippen LogP contribution in [0.15, 0.2) is 53.7 Å². The average Bonchev–Trinajstić information content (AvgIpc) is 3.90. The van der Waals surface area contributed by atoms with Crippen molar-refractivity contribution >= 4 is 74.5 Å². The van der Waals surface area contributed by atoms with Crippen LogP contribution in [-0.2, 0) is 66.7 Å². The van der Waals surface area contributed by atoms with Crippen LogP contribution in [0.3, 0.4) is 0 Å². The van der Waals surface area contributed by atoms with Gasteiger partial charge in [-0.2, -0.15) is 16.8 Å². The van der Waals surface area contributed by atoms with Gasteiger partial charge in [-0.05, 0) is 107 Å². The molecule has 1 saturated heterocycles. The SMILES string of the molecule is CN(CCCCCC(=O)ON1C(=O)CCC1=O)CCNC(=O)C(CCCC[N+](C)(C)C)NC(=O)C(CS(=O)(=O)O)NC(=O)CCc1cc(CCCCS(=O)(=O)O)c2n1[B-](F)(F)[N+]1=C(c3ccccc3)C=C(CCC[N+](C)(C)C)C1=C2. The molecule has 1 aromatic heterocycles. The number of hydrogen-bond donors (Lipinski definition) is 5. The lowest BCUT2D eigenvalue weighted by molar-refractivity contribution is -0.870. The Balaban J connectivity index is 1.29. The Hall–Kier alpha value is -5.71. The highest BCUT2D eigenvalue weighted by Gasteiger charge is 2.54. The monoisotopic (exact) mass is 1170 g/mol. The Morgan fingerprint density at radius 3 is 2.06 bits per heavy atom. The first-order valence-corrected chi connectivity index (χ1v) is 30.6. The molecule has 5 N–H and O–H groups in total. The zero-order chi connectivity index (χ0) is 59.2. The van der Waals surface area contributed by atoms with Crippen LogP contribution in [0.2, 0.25) is 0 Å². The van der Waals surface area contributed by atoms with Crippen LogP contribution >= 0.6 is 0 Å². The van der Waals surface area contributed by atoms with E-state index in [1.807, 2.05) is 54.2 Å². The van der Waals surface area contributed by atoms with Crippen molar-refractivity contribution in [2.45, 2.75) is 115 Å². The number of carbonyl (C=O) groups excluding carboxylic acids is 6. The number of allylic oxidation sites excluding steroid dienone is 2. The minimum absolute atomic E-state index is 0.00315. The molecule has 0 spiro atoms. The highest BCUT2D eigenvalue weighted by atomic mass is 32.2. The molecule has 2 aromatic rings. The van der Waals surface area contributed by atoms with E-state index in [0.717, 1.165) is 22.1 Å². The zero-order valence-corrected chi connectivity index (χ0v) is 48.9. The van der Waals surface area contributed by atoms with E-state index in [-0.39, 0.29) is 75.0 Å². The number of carbonyl (C=O) groups is 6. The van der Waals surface area contributed by atoms with Gasteiger partial charge in [-0.1, -0.05) is 24.6 Å². The number of fused-ring (bicyclic) bond motifs is 2. The molecule has 0 saturated carbocycles. The summed E-state index contributed by atoms with van der Waals surface area (Å²) in [6.07, 6.45) is 7.31. The van der Waals surface area contributed by atoms with E-state index in [1.54, 1.807) is 42.5 Å². The number of nitrogens with zero attached hydrogens (tertiary/aromatic N) is 6. The smallest absolute Gasteiger partial charge is 0.394 e. The van der Waals surface area contributed by atoms with Crippen molar-refractivity contribution in [1.29, 1.82) is 0 Å². The van der Waals surface area contributed by atoms with E-state index >= 15 is 8.63 Å². The van der Waals surface area contributed by atoms with E-state index in [2.05, 4.69) is 16.0 Å². The highest BCUT2D eigenvalue weighted by molar-refractivity contribution is 7.86. The summed E-state index contributed by atoms with van der Waals surface area (Å²) in [5.74, 6) is -6.14. The van der Waals surface area contributed by atoms with Crippen LogP contribution in [0.1, 0.15) is 112 Å². The number of aryl methyl sites for hydroxylation is 2. The van der Waals surface area contributed by atoms with E-state index in [1.165, 1.54) is 6.07 Å². The molecule has 4 heterocycles. The fraction of sp³-hybridized carbons (Fsp3) is 0.604. The van der Waals surface area contributed by atoms with Crippen LogP contribution < -0.4 is 16.0 Å². The van der Waals surface area contributed by atoms with E-state index < -0.39 is 92.7 Å². The number of halogens is 2. The van der Waals surface area contributed by atoms with Crippen LogP contribution in [0, 0.1) is 0 Å². The number of quaternary nitrogens is 2. The van der Waals surface area contributed by atoms with Gasteiger partial charge in [-0.3, -0.25) is 33.1 Å². The molecular weight excluding hydrogens is 1080 g/mol. The van der Waals surface area contributed by atoms with Gasteiger partial charge in [0.1, 0.15) is 17.8 Å². The van der Waals surface area contributed by atoms with Crippen molar-refractivity contribution in [3.8, 4) is 0 Å². The van der Waals surface area contributed by atoms with E-state index in [9.17, 15) is 54.7 Å². The zero-order valence-electron chi connectivity index (χ0n) is 47.3. The Kier molecular flexibility index (Phi) is 23.1. The Labute approximate surface area is 469 Å². The minimum atomic E-state index is -4.93. The second-order valence-electron chi connectivity index (χ2n) is 23.1. The predicted molar refractivity (Wildman–Crippen MR) is 298 cm³/mol. The topological polar surface area (TPSA) is 271 Å². The molecule has 2 unspecified atom stereocenters. The lowest BCUT2D eigenvalue weighted by Crippen LogP contribution is -2.56. The molecule has 5 rings (SSSR count). The number of likely N-dealkylation sites (N-methyl/N-ethyl adjacent to an activating group) is 1. The number of imide groups is 1. The van der Waals surface area contributed by atoms with Crippen LogP contribution in [-0.4, -0.2) is 208 Å². The second kappa shape index (κ2) is 28.3. The Morgan fingerprint density at radius 1 is 0.762 bits per heavy atom. The quantitative estimate of drug-likeness (QED) is 0.0222. The van der Waals surface area contributed by atoms with Gasteiger partial charge in [0.05, 0.1) is 61.1 Å². The number of aromatic nitrogens is 1. The van der Waals surface area contributed by atoms with Gasteiger partial charge >= 0.3 is 12.9 Å². The third-order valence-electron chi connectivity index (χ3n) is 14.0. The number of hydroxylamine groups is 2. The number of nitrogens with one attached hydrogen (secondary N) is 3. The van der Waals surface area contributed by atoms with E-state index in [0.29, 0.717) is 94.5 Å². The van der Waals surface area contributed by atoms with Gasteiger partial charge < -0.3 is 52.2 Å². The number of rotatable bonds is 34. The predicted octanol–water partition coefficient (Wildman–Crippen LogP) is 3.09. The normalized spacial score (nSPS) is 16.3. The summed E-state index contributed by atoms with van der Waals surface area (Å²) in [7, 11) is 4.75.